The Labute approximate surface area is 95.3 Å². The highest BCUT2D eigenvalue weighted by atomic mass is 35.5. The van der Waals surface area contributed by atoms with Crippen molar-refractivity contribution in [2.24, 2.45) is 0 Å². The number of hydrogen-bond donors (Lipinski definition) is 0. The molecule has 74 valence electrons. The van der Waals surface area contributed by atoms with E-state index < -0.39 is 0 Å². The van der Waals surface area contributed by atoms with E-state index in [9.17, 15) is 0 Å². The topological polar surface area (TPSA) is 30.7 Å². The summed E-state index contributed by atoms with van der Waals surface area (Å²) in [5, 5.41) is 7.46. The molecule has 2 heterocycles. The Kier molecular flexibility index (Phi) is 2.76. The van der Waals surface area contributed by atoms with E-state index in [2.05, 4.69) is 10.1 Å². The van der Waals surface area contributed by atoms with Gasteiger partial charge < -0.3 is 0 Å². The molecule has 0 spiro atoms. The predicted molar refractivity (Wildman–Crippen MR) is 58.5 cm³/mol. The van der Waals surface area contributed by atoms with Gasteiger partial charge in [-0.25, -0.2) is 4.98 Å². The number of hydrogen-bond acceptors (Lipinski definition) is 3. The summed E-state index contributed by atoms with van der Waals surface area (Å²) in [5.74, 6) is 0.371. The van der Waals surface area contributed by atoms with Gasteiger partial charge >= 0.3 is 0 Å². The molecule has 2 aromatic heterocycles. The van der Waals surface area contributed by atoms with Gasteiger partial charge in [-0.2, -0.15) is 9.78 Å². The van der Waals surface area contributed by atoms with Gasteiger partial charge in [-0.15, -0.1) is 22.9 Å². The van der Waals surface area contributed by atoms with Gasteiger partial charge in [0, 0.05) is 17.1 Å². The Morgan fingerprint density at radius 3 is 2.86 bits per heavy atom. The molecule has 0 aliphatic carbocycles. The Hall–Kier alpha value is -0.580. The van der Waals surface area contributed by atoms with E-state index in [1.54, 1.807) is 10.9 Å². The average molecular weight is 248 g/mol. The standard InChI is InChI=1S/C8H7Cl2N3S/c1-5-6(4-9)7(10)13(12-5)8-11-2-3-14-8/h2-3H,4H2,1H3. The summed E-state index contributed by atoms with van der Waals surface area (Å²) >= 11 is 13.3. The summed E-state index contributed by atoms with van der Waals surface area (Å²) in [7, 11) is 0. The minimum absolute atomic E-state index is 0.371. The van der Waals surface area contributed by atoms with Crippen molar-refractivity contribution < 1.29 is 0 Å². The Morgan fingerprint density at radius 2 is 2.36 bits per heavy atom. The lowest BCUT2D eigenvalue weighted by molar-refractivity contribution is 0.854. The fraction of sp³-hybridized carbons (Fsp3) is 0.250. The molecule has 0 fully saturated rings. The molecule has 3 nitrogen and oxygen atoms in total. The maximum atomic E-state index is 6.10. The van der Waals surface area contributed by atoms with Crippen molar-refractivity contribution in [3.05, 3.63) is 28.0 Å². The monoisotopic (exact) mass is 247 g/mol. The number of alkyl halides is 1. The van der Waals surface area contributed by atoms with E-state index in [4.69, 9.17) is 23.2 Å². The Balaban J connectivity index is 2.55. The third-order valence-corrected chi connectivity index (χ3v) is 3.26. The molecule has 14 heavy (non-hydrogen) atoms. The molecule has 0 atom stereocenters. The van der Waals surface area contributed by atoms with Crippen LogP contribution in [0.1, 0.15) is 11.3 Å². The fourth-order valence-corrected chi connectivity index (χ4v) is 2.49. The van der Waals surface area contributed by atoms with Gasteiger partial charge in [0.05, 0.1) is 11.6 Å². The summed E-state index contributed by atoms with van der Waals surface area (Å²) in [6.07, 6.45) is 1.72. The van der Waals surface area contributed by atoms with Gasteiger partial charge in [0.2, 0.25) is 5.13 Å². The van der Waals surface area contributed by atoms with Crippen LogP contribution in [-0.2, 0) is 5.88 Å². The zero-order valence-electron chi connectivity index (χ0n) is 7.37. The lowest BCUT2D eigenvalue weighted by Crippen LogP contribution is -1.95. The maximum absolute atomic E-state index is 6.10. The van der Waals surface area contributed by atoms with Crippen LogP contribution < -0.4 is 0 Å². The van der Waals surface area contributed by atoms with E-state index in [0.29, 0.717) is 11.0 Å². The molecule has 0 radical (unpaired) electrons. The van der Waals surface area contributed by atoms with Gasteiger partial charge in [0.1, 0.15) is 5.15 Å². The minimum atomic E-state index is 0.371. The second-order valence-electron chi connectivity index (χ2n) is 2.71. The summed E-state index contributed by atoms with van der Waals surface area (Å²) in [4.78, 5) is 4.13. The van der Waals surface area contributed by atoms with Crippen LogP contribution in [0.5, 0.6) is 0 Å². The molecule has 0 aromatic carbocycles. The number of rotatable bonds is 2. The van der Waals surface area contributed by atoms with Crippen LogP contribution in [0.15, 0.2) is 11.6 Å². The summed E-state index contributed by atoms with van der Waals surface area (Å²) in [6.45, 7) is 1.88. The lowest BCUT2D eigenvalue weighted by atomic mass is 10.3. The smallest absolute Gasteiger partial charge is 0.211 e. The Bertz CT molecular complexity index is 436. The predicted octanol–water partition coefficient (Wildman–Crippen LogP) is 3.03. The number of aryl methyl sites for hydroxylation is 1. The van der Waals surface area contributed by atoms with Gasteiger partial charge in [-0.05, 0) is 6.92 Å². The first-order chi connectivity index (χ1) is 6.74. The largest absolute Gasteiger partial charge is 0.227 e. The molecule has 0 saturated carbocycles. The number of nitrogens with zero attached hydrogens (tertiary/aromatic N) is 3. The zero-order valence-corrected chi connectivity index (χ0v) is 9.70. The first kappa shape index (κ1) is 9.96. The van der Waals surface area contributed by atoms with Crippen LogP contribution >= 0.6 is 34.5 Å². The van der Waals surface area contributed by atoms with Gasteiger partial charge in [-0.3, -0.25) is 0 Å². The minimum Gasteiger partial charge on any atom is -0.227 e. The van der Waals surface area contributed by atoms with Crippen molar-refractivity contribution in [1.29, 1.82) is 0 Å². The number of thiazole rings is 1. The molecule has 0 N–H and O–H groups in total. The number of halogens is 2. The van der Waals surface area contributed by atoms with Gasteiger partial charge in [0.25, 0.3) is 0 Å². The summed E-state index contributed by atoms with van der Waals surface area (Å²) < 4.78 is 1.61. The molecule has 0 bridgehead atoms. The molecule has 6 heteroatoms. The Morgan fingerprint density at radius 1 is 1.57 bits per heavy atom. The quantitative estimate of drug-likeness (QED) is 0.765. The van der Waals surface area contributed by atoms with E-state index >= 15 is 0 Å². The van der Waals surface area contributed by atoms with Crippen molar-refractivity contribution >= 4 is 34.5 Å². The van der Waals surface area contributed by atoms with Crippen LogP contribution in [0.3, 0.4) is 0 Å². The molecule has 2 rings (SSSR count). The van der Waals surface area contributed by atoms with Crippen molar-refractivity contribution in [1.82, 2.24) is 14.8 Å². The third kappa shape index (κ3) is 1.54. The highest BCUT2D eigenvalue weighted by Gasteiger charge is 2.14. The SMILES string of the molecule is Cc1nn(-c2nccs2)c(Cl)c1CCl. The van der Waals surface area contributed by atoms with Crippen molar-refractivity contribution in [2.45, 2.75) is 12.8 Å². The molecule has 0 aliphatic rings. The van der Waals surface area contributed by atoms with Crippen LogP contribution in [0.4, 0.5) is 0 Å². The van der Waals surface area contributed by atoms with Crippen LogP contribution in [-0.4, -0.2) is 14.8 Å². The second-order valence-corrected chi connectivity index (χ2v) is 4.21. The van der Waals surface area contributed by atoms with E-state index in [-0.39, 0.29) is 0 Å². The van der Waals surface area contributed by atoms with E-state index in [1.165, 1.54) is 11.3 Å². The van der Waals surface area contributed by atoms with Crippen molar-refractivity contribution in [3.8, 4) is 5.13 Å². The van der Waals surface area contributed by atoms with Gasteiger partial charge in [-0.1, -0.05) is 11.6 Å². The second kappa shape index (κ2) is 3.88. The van der Waals surface area contributed by atoms with Gasteiger partial charge in [0.15, 0.2) is 0 Å². The van der Waals surface area contributed by atoms with Crippen LogP contribution in [0.2, 0.25) is 5.15 Å². The van der Waals surface area contributed by atoms with Crippen LogP contribution in [0.25, 0.3) is 5.13 Å². The molecular formula is C8H7Cl2N3S. The average Bonchev–Trinajstić information content (AvgIpc) is 2.74. The summed E-state index contributed by atoms with van der Waals surface area (Å²) in [6, 6.07) is 0. The summed E-state index contributed by atoms with van der Waals surface area (Å²) in [5.41, 5.74) is 1.71. The molecular weight excluding hydrogens is 241 g/mol. The van der Waals surface area contributed by atoms with Crippen LogP contribution in [0, 0.1) is 6.92 Å². The van der Waals surface area contributed by atoms with Crippen molar-refractivity contribution in [3.63, 3.8) is 0 Å². The zero-order chi connectivity index (χ0) is 10.1. The maximum Gasteiger partial charge on any atom is 0.211 e. The highest BCUT2D eigenvalue weighted by Crippen LogP contribution is 2.25. The molecule has 0 aliphatic heterocycles. The van der Waals surface area contributed by atoms with E-state index in [0.717, 1.165) is 16.4 Å². The molecule has 2 aromatic rings. The fourth-order valence-electron chi connectivity index (χ4n) is 1.13. The molecule has 0 unspecified atom stereocenters. The highest BCUT2D eigenvalue weighted by molar-refractivity contribution is 7.12. The first-order valence-corrected chi connectivity index (χ1v) is 5.73. The third-order valence-electron chi connectivity index (χ3n) is 1.86. The molecule has 0 amide bonds. The first-order valence-electron chi connectivity index (χ1n) is 3.94. The normalized spacial score (nSPS) is 10.8. The lowest BCUT2D eigenvalue weighted by Gasteiger charge is -1.96. The van der Waals surface area contributed by atoms with Crippen molar-refractivity contribution in [2.75, 3.05) is 0 Å². The molecule has 0 saturated heterocycles. The number of aromatic nitrogens is 3. The van der Waals surface area contributed by atoms with E-state index in [1.807, 2.05) is 12.3 Å².